The maximum Gasteiger partial charge on any atom is 0.305 e. The van der Waals surface area contributed by atoms with Crippen LogP contribution in [0.25, 0.3) is 0 Å². The fourth-order valence-corrected chi connectivity index (χ4v) is 2.23. The van der Waals surface area contributed by atoms with Gasteiger partial charge in [-0.2, -0.15) is 0 Å². The zero-order chi connectivity index (χ0) is 15.1. The number of carboxylic acids is 1. The summed E-state index contributed by atoms with van der Waals surface area (Å²) < 4.78 is 4.59. The average molecular weight is 285 g/mol. The molecule has 0 unspecified atom stereocenters. The molecule has 4 heteroatoms. The molecule has 0 spiro atoms. The van der Waals surface area contributed by atoms with Crippen LogP contribution in [0.4, 0.5) is 0 Å². The Morgan fingerprint density at radius 2 is 1.05 bits per heavy atom. The Morgan fingerprint density at radius 3 is 1.40 bits per heavy atom. The van der Waals surface area contributed by atoms with Crippen LogP contribution in [-0.4, -0.2) is 19.0 Å². The molecule has 0 fully saturated rings. The third-order valence-electron chi connectivity index (χ3n) is 3.49. The van der Waals surface area contributed by atoms with Crippen molar-refractivity contribution in [3.8, 4) is 0 Å². The van der Waals surface area contributed by atoms with E-state index in [0.717, 1.165) is 32.1 Å². The van der Waals surface area contributed by atoms with Crippen LogP contribution < -0.4 is 5.11 Å². The first-order valence-electron chi connectivity index (χ1n) is 7.93. The summed E-state index contributed by atoms with van der Waals surface area (Å²) in [5.74, 6) is -1.04. The number of ether oxygens (including phenoxy) is 1. The Labute approximate surface area is 122 Å². The minimum absolute atomic E-state index is 0.108. The molecule has 0 aromatic rings. The number of hydrogen-bond donors (Lipinski definition) is 0. The predicted octanol–water partition coefficient (Wildman–Crippen LogP) is 2.98. The smallest absolute Gasteiger partial charge is 0.305 e. The Bertz CT molecular complexity index is 251. The first kappa shape index (κ1) is 18.9. The van der Waals surface area contributed by atoms with Gasteiger partial charge >= 0.3 is 5.97 Å². The fourth-order valence-electron chi connectivity index (χ4n) is 2.23. The van der Waals surface area contributed by atoms with Gasteiger partial charge in [-0.05, 0) is 19.3 Å². The predicted molar refractivity (Wildman–Crippen MR) is 77.0 cm³/mol. The van der Waals surface area contributed by atoms with Crippen molar-refractivity contribution in [1.29, 1.82) is 0 Å². The number of aliphatic carboxylic acids is 1. The topological polar surface area (TPSA) is 66.4 Å². The maximum absolute atomic E-state index is 10.9. The highest BCUT2D eigenvalue weighted by Crippen LogP contribution is 2.12. The molecule has 0 radical (unpaired) electrons. The summed E-state index contributed by atoms with van der Waals surface area (Å²) in [6, 6.07) is 0. The molecule has 0 rings (SSSR count). The van der Waals surface area contributed by atoms with Gasteiger partial charge in [0.15, 0.2) is 0 Å². The molecule has 0 aliphatic heterocycles. The van der Waals surface area contributed by atoms with E-state index < -0.39 is 5.97 Å². The van der Waals surface area contributed by atoms with Crippen LogP contribution in [0.5, 0.6) is 0 Å². The van der Waals surface area contributed by atoms with E-state index in [1.54, 1.807) is 0 Å². The van der Waals surface area contributed by atoms with Crippen LogP contribution in [0.15, 0.2) is 0 Å². The first-order chi connectivity index (χ1) is 9.66. The standard InChI is InChI=1S/C16H30O4/c1-20-16(19)14-12-10-8-6-4-2-3-5-7-9-11-13-15(17)18/h2-14H2,1H3,(H,17,18)/p-1. The van der Waals surface area contributed by atoms with Crippen molar-refractivity contribution in [3.63, 3.8) is 0 Å². The fraction of sp³-hybridized carbons (Fsp3) is 0.875. The molecule has 0 aliphatic rings. The summed E-state index contributed by atoms with van der Waals surface area (Å²) in [7, 11) is 1.43. The molecule has 118 valence electrons. The molecule has 0 heterocycles. The van der Waals surface area contributed by atoms with Gasteiger partial charge in [0.2, 0.25) is 0 Å². The van der Waals surface area contributed by atoms with Gasteiger partial charge in [-0.1, -0.05) is 57.8 Å². The maximum atomic E-state index is 10.9. The van der Waals surface area contributed by atoms with Gasteiger partial charge in [0, 0.05) is 12.4 Å². The van der Waals surface area contributed by atoms with Crippen molar-refractivity contribution in [2.24, 2.45) is 0 Å². The molecule has 0 atom stereocenters. The highest BCUT2D eigenvalue weighted by molar-refractivity contribution is 5.68. The largest absolute Gasteiger partial charge is 0.550 e. The molecule has 0 aliphatic carbocycles. The number of unbranched alkanes of at least 4 members (excludes halogenated alkanes) is 10. The third-order valence-corrected chi connectivity index (χ3v) is 3.49. The van der Waals surface area contributed by atoms with Gasteiger partial charge in [0.25, 0.3) is 0 Å². The van der Waals surface area contributed by atoms with Crippen molar-refractivity contribution >= 4 is 11.9 Å². The molecule has 0 amide bonds. The van der Waals surface area contributed by atoms with Gasteiger partial charge in [0.1, 0.15) is 0 Å². The zero-order valence-corrected chi connectivity index (χ0v) is 12.8. The molecule has 0 aromatic carbocycles. The van der Waals surface area contributed by atoms with Crippen molar-refractivity contribution in [2.45, 2.75) is 83.5 Å². The molecule has 0 bridgehead atoms. The molecule has 4 nitrogen and oxygen atoms in total. The first-order valence-corrected chi connectivity index (χ1v) is 7.93. The number of carbonyl (C=O) groups excluding carboxylic acids is 2. The lowest BCUT2D eigenvalue weighted by molar-refractivity contribution is -0.305. The normalized spacial score (nSPS) is 10.4. The third kappa shape index (κ3) is 15.0. The Morgan fingerprint density at radius 1 is 0.700 bits per heavy atom. The minimum Gasteiger partial charge on any atom is -0.550 e. The van der Waals surface area contributed by atoms with Crippen LogP contribution in [0.3, 0.4) is 0 Å². The van der Waals surface area contributed by atoms with E-state index in [1.807, 2.05) is 0 Å². The van der Waals surface area contributed by atoms with Crippen molar-refractivity contribution in [2.75, 3.05) is 7.11 Å². The number of carboxylic acid groups (broad SMARTS) is 1. The van der Waals surface area contributed by atoms with Gasteiger partial charge in [-0.25, -0.2) is 0 Å². The lowest BCUT2D eigenvalue weighted by Crippen LogP contribution is -2.21. The molecular weight excluding hydrogens is 256 g/mol. The summed E-state index contributed by atoms with van der Waals surface area (Å²) in [6.07, 6.45) is 13.1. The molecule has 0 aromatic heterocycles. The van der Waals surface area contributed by atoms with E-state index in [0.29, 0.717) is 6.42 Å². The average Bonchev–Trinajstić information content (AvgIpc) is 2.43. The molecule has 0 N–H and O–H groups in total. The summed E-state index contributed by atoms with van der Waals surface area (Å²) in [5.41, 5.74) is 0. The second kappa shape index (κ2) is 14.4. The van der Waals surface area contributed by atoms with E-state index in [1.165, 1.54) is 45.6 Å². The van der Waals surface area contributed by atoms with E-state index >= 15 is 0 Å². The highest BCUT2D eigenvalue weighted by Gasteiger charge is 1.99. The molecule has 0 saturated carbocycles. The Balaban J connectivity index is 3.03. The molecule has 20 heavy (non-hydrogen) atoms. The zero-order valence-electron chi connectivity index (χ0n) is 12.8. The summed E-state index contributed by atoms with van der Waals surface area (Å²) >= 11 is 0. The quantitative estimate of drug-likeness (QED) is 0.363. The van der Waals surface area contributed by atoms with Crippen LogP contribution in [-0.2, 0) is 14.3 Å². The highest BCUT2D eigenvalue weighted by atomic mass is 16.5. The minimum atomic E-state index is -0.933. The lowest BCUT2D eigenvalue weighted by atomic mass is 10.0. The molecule has 0 saturated heterocycles. The van der Waals surface area contributed by atoms with Crippen molar-refractivity contribution in [1.82, 2.24) is 0 Å². The van der Waals surface area contributed by atoms with Crippen molar-refractivity contribution in [3.05, 3.63) is 0 Å². The van der Waals surface area contributed by atoms with Gasteiger partial charge in [0.05, 0.1) is 7.11 Å². The number of esters is 1. The summed E-state index contributed by atoms with van der Waals surface area (Å²) in [6.45, 7) is 0. The second-order valence-corrected chi connectivity index (χ2v) is 5.34. The van der Waals surface area contributed by atoms with E-state index in [2.05, 4.69) is 4.74 Å². The van der Waals surface area contributed by atoms with Crippen LogP contribution in [0, 0.1) is 0 Å². The lowest BCUT2D eigenvalue weighted by Gasteiger charge is -2.03. The second-order valence-electron chi connectivity index (χ2n) is 5.34. The SMILES string of the molecule is COC(=O)CCCCCCCCCCCCCC(=O)[O-]. The van der Waals surface area contributed by atoms with Crippen molar-refractivity contribution < 1.29 is 19.4 Å². The number of methoxy groups -OCH3 is 1. The summed E-state index contributed by atoms with van der Waals surface area (Å²) in [5, 5.41) is 10.2. The van der Waals surface area contributed by atoms with E-state index in [9.17, 15) is 14.7 Å². The van der Waals surface area contributed by atoms with Gasteiger partial charge in [-0.3, -0.25) is 4.79 Å². The Hall–Kier alpha value is -1.06. The van der Waals surface area contributed by atoms with Gasteiger partial charge < -0.3 is 14.6 Å². The van der Waals surface area contributed by atoms with Crippen LogP contribution in [0.2, 0.25) is 0 Å². The van der Waals surface area contributed by atoms with E-state index in [-0.39, 0.29) is 12.4 Å². The number of rotatable bonds is 14. The monoisotopic (exact) mass is 285 g/mol. The Kier molecular flexibility index (Phi) is 13.6. The van der Waals surface area contributed by atoms with Crippen LogP contribution >= 0.6 is 0 Å². The number of carbonyl (C=O) groups is 2. The summed E-state index contributed by atoms with van der Waals surface area (Å²) in [4.78, 5) is 21.1. The van der Waals surface area contributed by atoms with Gasteiger partial charge in [-0.15, -0.1) is 0 Å². The van der Waals surface area contributed by atoms with Crippen LogP contribution in [0.1, 0.15) is 83.5 Å². The molecular formula is C16H29O4-. The number of hydrogen-bond acceptors (Lipinski definition) is 4. The van der Waals surface area contributed by atoms with E-state index in [4.69, 9.17) is 0 Å².